The number of ether oxygens (including phenoxy) is 1. The van der Waals surface area contributed by atoms with Crippen LogP contribution in [0.2, 0.25) is 0 Å². The van der Waals surface area contributed by atoms with Crippen LogP contribution in [0.4, 0.5) is 9.52 Å². The monoisotopic (exact) mass is 382 g/mol. The van der Waals surface area contributed by atoms with Crippen LogP contribution in [0.25, 0.3) is 10.2 Å². The van der Waals surface area contributed by atoms with Crippen molar-refractivity contribution in [3.63, 3.8) is 0 Å². The highest BCUT2D eigenvalue weighted by molar-refractivity contribution is 7.22. The number of rotatable bonds is 5. The van der Waals surface area contributed by atoms with Crippen molar-refractivity contribution in [3.05, 3.63) is 78.0 Å². The summed E-state index contributed by atoms with van der Waals surface area (Å²) in [5.74, 6) is 0.130. The van der Waals surface area contributed by atoms with Crippen molar-refractivity contribution < 1.29 is 18.3 Å². The van der Waals surface area contributed by atoms with Crippen molar-refractivity contribution in [1.29, 1.82) is 0 Å². The van der Waals surface area contributed by atoms with Gasteiger partial charge in [-0.15, -0.1) is 0 Å². The normalized spacial score (nSPS) is 10.9. The molecule has 0 N–H and O–H groups in total. The minimum Gasteiger partial charge on any atom is -0.494 e. The van der Waals surface area contributed by atoms with E-state index in [1.807, 2.05) is 12.1 Å². The number of para-hydroxylation sites is 1. The number of carbonyl (C=O) groups excluding carboxylic acids is 1. The summed E-state index contributed by atoms with van der Waals surface area (Å²) in [5, 5.41) is 0.444. The number of aromatic nitrogens is 1. The van der Waals surface area contributed by atoms with Crippen molar-refractivity contribution in [3.8, 4) is 5.75 Å². The SMILES string of the molecule is COc1cccc2sc(N(Cc3ccco3)C(=O)c3ccccc3F)nc12. The first-order valence-corrected chi connectivity index (χ1v) is 9.01. The molecular weight excluding hydrogens is 367 g/mol. The van der Waals surface area contributed by atoms with Gasteiger partial charge in [0.15, 0.2) is 5.13 Å². The Morgan fingerprint density at radius 1 is 1.19 bits per heavy atom. The van der Waals surface area contributed by atoms with Gasteiger partial charge in [0.1, 0.15) is 22.8 Å². The summed E-state index contributed by atoms with van der Waals surface area (Å²) in [6, 6.07) is 15.0. The molecule has 0 spiro atoms. The molecule has 0 unspecified atom stereocenters. The van der Waals surface area contributed by atoms with E-state index < -0.39 is 11.7 Å². The van der Waals surface area contributed by atoms with E-state index in [1.54, 1.807) is 37.4 Å². The second kappa shape index (κ2) is 7.20. The topological polar surface area (TPSA) is 55.6 Å². The molecule has 136 valence electrons. The highest BCUT2D eigenvalue weighted by Crippen LogP contribution is 2.35. The van der Waals surface area contributed by atoms with Crippen LogP contribution >= 0.6 is 11.3 Å². The van der Waals surface area contributed by atoms with Crippen LogP contribution in [-0.2, 0) is 6.54 Å². The third kappa shape index (κ3) is 3.29. The maximum Gasteiger partial charge on any atom is 0.263 e. The molecule has 2 heterocycles. The number of thiazole rings is 1. The van der Waals surface area contributed by atoms with Gasteiger partial charge in [0.05, 0.1) is 30.2 Å². The molecule has 1 amide bonds. The first kappa shape index (κ1) is 17.2. The zero-order chi connectivity index (χ0) is 18.8. The number of benzene rings is 2. The molecule has 7 heteroatoms. The Morgan fingerprint density at radius 2 is 2.04 bits per heavy atom. The van der Waals surface area contributed by atoms with Crippen molar-refractivity contribution in [2.75, 3.05) is 12.0 Å². The minimum atomic E-state index is -0.578. The summed E-state index contributed by atoms with van der Waals surface area (Å²) >= 11 is 1.34. The smallest absolute Gasteiger partial charge is 0.263 e. The fraction of sp³-hybridized carbons (Fsp3) is 0.100. The van der Waals surface area contributed by atoms with E-state index in [0.717, 1.165) is 4.70 Å². The Kier molecular flexibility index (Phi) is 4.60. The predicted octanol–water partition coefficient (Wildman–Crippen LogP) is 4.88. The molecule has 0 radical (unpaired) electrons. The average Bonchev–Trinajstić information content (AvgIpc) is 3.35. The lowest BCUT2D eigenvalue weighted by Crippen LogP contribution is -2.30. The van der Waals surface area contributed by atoms with E-state index in [0.29, 0.717) is 22.2 Å². The molecule has 0 aliphatic carbocycles. The van der Waals surface area contributed by atoms with Crippen molar-refractivity contribution in [1.82, 2.24) is 4.98 Å². The van der Waals surface area contributed by atoms with E-state index in [-0.39, 0.29) is 12.1 Å². The van der Waals surface area contributed by atoms with Crippen molar-refractivity contribution in [2.45, 2.75) is 6.54 Å². The molecule has 0 aliphatic rings. The van der Waals surface area contributed by atoms with Gasteiger partial charge in [-0.25, -0.2) is 9.37 Å². The lowest BCUT2D eigenvalue weighted by atomic mass is 10.2. The van der Waals surface area contributed by atoms with E-state index in [4.69, 9.17) is 9.15 Å². The third-order valence-electron chi connectivity index (χ3n) is 4.06. The van der Waals surface area contributed by atoms with Crippen LogP contribution in [0.5, 0.6) is 5.75 Å². The summed E-state index contributed by atoms with van der Waals surface area (Å²) in [6.07, 6.45) is 1.53. The fourth-order valence-electron chi connectivity index (χ4n) is 2.76. The van der Waals surface area contributed by atoms with E-state index in [2.05, 4.69) is 4.98 Å². The lowest BCUT2D eigenvalue weighted by Gasteiger charge is -2.19. The van der Waals surface area contributed by atoms with Crippen LogP contribution in [0.3, 0.4) is 0 Å². The Bertz CT molecular complexity index is 1090. The number of carbonyl (C=O) groups is 1. The summed E-state index contributed by atoms with van der Waals surface area (Å²) in [6.45, 7) is 0.141. The molecular formula is C20H15FN2O3S. The number of methoxy groups -OCH3 is 1. The fourth-order valence-corrected chi connectivity index (χ4v) is 3.74. The summed E-state index contributed by atoms with van der Waals surface area (Å²) in [7, 11) is 1.57. The number of nitrogens with zero attached hydrogens (tertiary/aromatic N) is 2. The maximum absolute atomic E-state index is 14.2. The highest BCUT2D eigenvalue weighted by Gasteiger charge is 2.25. The van der Waals surface area contributed by atoms with Crippen LogP contribution in [0.15, 0.2) is 65.3 Å². The molecule has 4 aromatic rings. The van der Waals surface area contributed by atoms with Crippen LogP contribution in [-0.4, -0.2) is 18.0 Å². The summed E-state index contributed by atoms with van der Waals surface area (Å²) in [5.41, 5.74) is 0.640. The lowest BCUT2D eigenvalue weighted by molar-refractivity contribution is 0.0979. The van der Waals surface area contributed by atoms with Gasteiger partial charge in [0.2, 0.25) is 0 Å². The first-order chi connectivity index (χ1) is 13.2. The average molecular weight is 382 g/mol. The number of hydrogen-bond acceptors (Lipinski definition) is 5. The third-order valence-corrected chi connectivity index (χ3v) is 5.11. The second-order valence-electron chi connectivity index (χ2n) is 5.75. The molecule has 0 saturated heterocycles. The number of anilines is 1. The van der Waals surface area contributed by atoms with Crippen LogP contribution < -0.4 is 9.64 Å². The minimum absolute atomic E-state index is 0.0183. The van der Waals surface area contributed by atoms with Gasteiger partial charge in [-0.05, 0) is 36.4 Å². The van der Waals surface area contributed by atoms with Gasteiger partial charge < -0.3 is 9.15 Å². The molecule has 0 aliphatic heterocycles. The first-order valence-electron chi connectivity index (χ1n) is 8.19. The molecule has 0 fully saturated rings. The molecule has 4 rings (SSSR count). The van der Waals surface area contributed by atoms with Crippen LogP contribution in [0, 0.1) is 5.82 Å². The highest BCUT2D eigenvalue weighted by atomic mass is 32.1. The quantitative estimate of drug-likeness (QED) is 0.493. The predicted molar refractivity (Wildman–Crippen MR) is 102 cm³/mol. The number of halogens is 1. The molecule has 5 nitrogen and oxygen atoms in total. The summed E-state index contributed by atoms with van der Waals surface area (Å²) < 4.78 is 25.8. The number of amides is 1. The Morgan fingerprint density at radius 3 is 2.78 bits per heavy atom. The van der Waals surface area contributed by atoms with Gasteiger partial charge in [-0.3, -0.25) is 9.69 Å². The number of fused-ring (bicyclic) bond motifs is 1. The summed E-state index contributed by atoms with van der Waals surface area (Å²) in [4.78, 5) is 19.1. The van der Waals surface area contributed by atoms with Crippen molar-refractivity contribution >= 4 is 32.6 Å². The molecule has 2 aromatic carbocycles. The Balaban J connectivity index is 1.81. The van der Waals surface area contributed by atoms with Crippen molar-refractivity contribution in [2.24, 2.45) is 0 Å². The van der Waals surface area contributed by atoms with Crippen LogP contribution in [0.1, 0.15) is 16.1 Å². The standard InChI is InChI=1S/C20H15FN2O3S/c1-25-16-9-4-10-17-18(16)22-20(27-17)23(12-13-6-5-11-26-13)19(24)14-7-2-3-8-15(14)21/h2-11H,12H2,1H3. The molecule has 2 aromatic heterocycles. The van der Waals surface area contributed by atoms with Gasteiger partial charge in [0.25, 0.3) is 5.91 Å². The van der Waals surface area contributed by atoms with E-state index >= 15 is 0 Å². The Labute approximate surface area is 158 Å². The number of furan rings is 1. The van der Waals surface area contributed by atoms with E-state index in [1.165, 1.54) is 34.6 Å². The second-order valence-corrected chi connectivity index (χ2v) is 6.76. The van der Waals surface area contributed by atoms with Gasteiger partial charge in [0, 0.05) is 0 Å². The Hall–Kier alpha value is -3.19. The van der Waals surface area contributed by atoms with Gasteiger partial charge >= 0.3 is 0 Å². The van der Waals surface area contributed by atoms with Gasteiger partial charge in [-0.2, -0.15) is 0 Å². The molecule has 0 bridgehead atoms. The van der Waals surface area contributed by atoms with E-state index in [9.17, 15) is 9.18 Å². The van der Waals surface area contributed by atoms with Gasteiger partial charge in [-0.1, -0.05) is 29.5 Å². The molecule has 0 saturated carbocycles. The largest absolute Gasteiger partial charge is 0.494 e. The molecule has 0 atom stereocenters. The number of hydrogen-bond donors (Lipinski definition) is 0. The zero-order valence-electron chi connectivity index (χ0n) is 14.4. The molecule has 27 heavy (non-hydrogen) atoms. The maximum atomic E-state index is 14.2. The zero-order valence-corrected chi connectivity index (χ0v) is 15.2.